The highest BCUT2D eigenvalue weighted by molar-refractivity contribution is 6.03. The van der Waals surface area contributed by atoms with E-state index in [1.807, 2.05) is 91.0 Å². The fourth-order valence-electron chi connectivity index (χ4n) is 3.73. The van der Waals surface area contributed by atoms with Gasteiger partial charge in [0.1, 0.15) is 19.1 Å². The second-order valence-electron chi connectivity index (χ2n) is 8.67. The molecule has 0 aliphatic heterocycles. The third-order valence-corrected chi connectivity index (χ3v) is 5.58. The number of amides is 1. The Morgan fingerprint density at radius 3 is 1.63 bits per heavy atom. The van der Waals surface area contributed by atoms with Gasteiger partial charge in [0, 0.05) is 0 Å². The van der Waals surface area contributed by atoms with Gasteiger partial charge in [-0.1, -0.05) is 105 Å². The molecule has 0 spiro atoms. The monoisotopic (exact) mass is 473 g/mol. The van der Waals surface area contributed by atoms with Crippen molar-refractivity contribution in [3.8, 4) is 0 Å². The number of ketones is 1. The standard InChI is InChI=1S/C29H31NO5/c1-21(2)26(28(32)34-19-23-14-8-4-9-15-23)27(31)25(18-22-12-6-3-7-13-22)30-29(33)35-20-24-16-10-5-11-17-24/h3-17,21,25-26H,18-20H2,1-2H3,(H,30,33)/t25-,26?/m0/s1. The van der Waals surface area contributed by atoms with Crippen LogP contribution < -0.4 is 5.32 Å². The summed E-state index contributed by atoms with van der Waals surface area (Å²) >= 11 is 0. The fourth-order valence-corrected chi connectivity index (χ4v) is 3.73. The largest absolute Gasteiger partial charge is 0.460 e. The average molecular weight is 474 g/mol. The molecule has 0 aliphatic carbocycles. The first-order valence-electron chi connectivity index (χ1n) is 11.7. The molecule has 2 atom stereocenters. The molecule has 1 unspecified atom stereocenters. The van der Waals surface area contributed by atoms with Crippen molar-refractivity contribution in [2.45, 2.75) is 39.5 Å². The Morgan fingerprint density at radius 2 is 1.14 bits per heavy atom. The number of hydrogen-bond acceptors (Lipinski definition) is 5. The van der Waals surface area contributed by atoms with Crippen molar-refractivity contribution in [3.63, 3.8) is 0 Å². The first-order valence-corrected chi connectivity index (χ1v) is 11.7. The Bertz CT molecular complexity index is 1080. The third kappa shape index (κ3) is 8.10. The van der Waals surface area contributed by atoms with Gasteiger partial charge < -0.3 is 14.8 Å². The molecule has 0 heterocycles. The Balaban J connectivity index is 1.72. The van der Waals surface area contributed by atoms with Gasteiger partial charge in [0.2, 0.25) is 0 Å². The summed E-state index contributed by atoms with van der Waals surface area (Å²) < 4.78 is 10.8. The predicted octanol–water partition coefficient (Wildman–Crippen LogP) is 5.11. The molecular weight excluding hydrogens is 442 g/mol. The summed E-state index contributed by atoms with van der Waals surface area (Å²) in [6.45, 7) is 3.73. The van der Waals surface area contributed by atoms with Crippen molar-refractivity contribution in [2.24, 2.45) is 11.8 Å². The summed E-state index contributed by atoms with van der Waals surface area (Å²) in [6, 6.07) is 26.9. The number of benzene rings is 3. The summed E-state index contributed by atoms with van der Waals surface area (Å²) in [7, 11) is 0. The molecule has 6 heteroatoms. The average Bonchev–Trinajstić information content (AvgIpc) is 2.87. The number of carbonyl (C=O) groups is 3. The van der Waals surface area contributed by atoms with Crippen molar-refractivity contribution in [1.29, 1.82) is 0 Å². The Morgan fingerprint density at radius 1 is 0.686 bits per heavy atom. The van der Waals surface area contributed by atoms with Crippen LogP contribution in [0, 0.1) is 11.8 Å². The number of nitrogens with one attached hydrogen (secondary N) is 1. The summed E-state index contributed by atoms with van der Waals surface area (Å²) in [4.78, 5) is 39.1. The molecule has 182 valence electrons. The quantitative estimate of drug-likeness (QED) is 0.309. The van der Waals surface area contributed by atoms with Crippen LogP contribution in [-0.4, -0.2) is 23.9 Å². The van der Waals surface area contributed by atoms with E-state index < -0.39 is 29.8 Å². The van der Waals surface area contributed by atoms with Crippen molar-refractivity contribution in [2.75, 3.05) is 0 Å². The van der Waals surface area contributed by atoms with E-state index in [1.54, 1.807) is 13.8 Å². The van der Waals surface area contributed by atoms with E-state index in [1.165, 1.54) is 0 Å². The highest BCUT2D eigenvalue weighted by Crippen LogP contribution is 2.19. The van der Waals surface area contributed by atoms with Crippen LogP contribution >= 0.6 is 0 Å². The summed E-state index contributed by atoms with van der Waals surface area (Å²) in [6.07, 6.45) is -0.488. The first kappa shape index (κ1) is 25.7. The van der Waals surface area contributed by atoms with Gasteiger partial charge in [-0.2, -0.15) is 0 Å². The number of esters is 1. The lowest BCUT2D eigenvalue weighted by Crippen LogP contribution is -2.48. The SMILES string of the molecule is CC(C)C(C(=O)OCc1ccccc1)C(=O)[C@H](Cc1ccccc1)NC(=O)OCc1ccccc1. The molecular formula is C29H31NO5. The van der Waals surface area contributed by atoms with E-state index in [4.69, 9.17) is 9.47 Å². The van der Waals surface area contributed by atoms with Crippen LogP contribution in [0.1, 0.15) is 30.5 Å². The van der Waals surface area contributed by atoms with Crippen LogP contribution in [0.5, 0.6) is 0 Å². The van der Waals surface area contributed by atoms with Gasteiger partial charge in [-0.25, -0.2) is 4.79 Å². The number of alkyl carbamates (subject to hydrolysis) is 1. The maximum atomic E-state index is 13.6. The van der Waals surface area contributed by atoms with E-state index in [0.29, 0.717) is 0 Å². The van der Waals surface area contributed by atoms with Gasteiger partial charge in [0.15, 0.2) is 5.78 Å². The Kier molecular flexibility index (Phi) is 9.60. The van der Waals surface area contributed by atoms with Gasteiger partial charge in [0.25, 0.3) is 0 Å². The van der Waals surface area contributed by atoms with Gasteiger partial charge in [-0.3, -0.25) is 9.59 Å². The molecule has 0 aromatic heterocycles. The molecule has 1 amide bonds. The summed E-state index contributed by atoms with van der Waals surface area (Å²) in [5, 5.41) is 2.68. The molecule has 6 nitrogen and oxygen atoms in total. The lowest BCUT2D eigenvalue weighted by molar-refractivity contribution is -0.155. The van der Waals surface area contributed by atoms with E-state index in [2.05, 4.69) is 5.32 Å². The van der Waals surface area contributed by atoms with E-state index in [9.17, 15) is 14.4 Å². The smallest absolute Gasteiger partial charge is 0.408 e. The van der Waals surface area contributed by atoms with Gasteiger partial charge >= 0.3 is 12.1 Å². The minimum atomic E-state index is -1.03. The molecule has 0 fully saturated rings. The molecule has 0 bridgehead atoms. The van der Waals surface area contributed by atoms with Crippen LogP contribution in [0.2, 0.25) is 0 Å². The molecule has 0 saturated heterocycles. The summed E-state index contributed by atoms with van der Waals surface area (Å²) in [5.41, 5.74) is 2.52. The molecule has 0 aliphatic rings. The maximum Gasteiger partial charge on any atom is 0.408 e. The van der Waals surface area contributed by atoms with Crippen molar-refractivity contribution >= 4 is 17.8 Å². The molecule has 35 heavy (non-hydrogen) atoms. The molecule has 3 aromatic carbocycles. The Labute approximate surface area is 206 Å². The predicted molar refractivity (Wildman–Crippen MR) is 133 cm³/mol. The van der Waals surface area contributed by atoms with Gasteiger partial charge in [-0.15, -0.1) is 0 Å². The highest BCUT2D eigenvalue weighted by Gasteiger charge is 2.37. The zero-order valence-corrected chi connectivity index (χ0v) is 20.1. The normalized spacial score (nSPS) is 12.4. The molecule has 1 N–H and O–H groups in total. The fraction of sp³-hybridized carbons (Fsp3) is 0.276. The molecule has 3 rings (SSSR count). The molecule has 0 saturated carbocycles. The van der Waals surface area contributed by atoms with Crippen molar-refractivity contribution < 1.29 is 23.9 Å². The van der Waals surface area contributed by atoms with Crippen molar-refractivity contribution in [3.05, 3.63) is 108 Å². The van der Waals surface area contributed by atoms with Crippen LogP contribution in [-0.2, 0) is 38.7 Å². The number of ether oxygens (including phenoxy) is 2. The lowest BCUT2D eigenvalue weighted by Gasteiger charge is -2.25. The first-order chi connectivity index (χ1) is 16.9. The highest BCUT2D eigenvalue weighted by atomic mass is 16.5. The van der Waals surface area contributed by atoms with E-state index in [0.717, 1.165) is 16.7 Å². The summed E-state index contributed by atoms with van der Waals surface area (Å²) in [5.74, 6) is -2.35. The number of rotatable bonds is 11. The topological polar surface area (TPSA) is 81.7 Å². The zero-order chi connectivity index (χ0) is 25.0. The van der Waals surface area contributed by atoms with E-state index in [-0.39, 0.29) is 25.6 Å². The minimum Gasteiger partial charge on any atom is -0.460 e. The van der Waals surface area contributed by atoms with Crippen LogP contribution in [0.15, 0.2) is 91.0 Å². The van der Waals surface area contributed by atoms with Gasteiger partial charge in [0.05, 0.1) is 6.04 Å². The van der Waals surface area contributed by atoms with Crippen LogP contribution in [0.4, 0.5) is 4.79 Å². The van der Waals surface area contributed by atoms with E-state index >= 15 is 0 Å². The number of carbonyl (C=O) groups excluding carboxylic acids is 3. The van der Waals surface area contributed by atoms with Crippen LogP contribution in [0.3, 0.4) is 0 Å². The second-order valence-corrected chi connectivity index (χ2v) is 8.67. The zero-order valence-electron chi connectivity index (χ0n) is 20.1. The molecule has 3 aromatic rings. The minimum absolute atomic E-state index is 0.0750. The lowest BCUT2D eigenvalue weighted by atomic mass is 9.86. The van der Waals surface area contributed by atoms with Gasteiger partial charge in [-0.05, 0) is 29.0 Å². The number of Topliss-reactive ketones (excluding diaryl/α,β-unsaturated/α-hetero) is 1. The second kappa shape index (κ2) is 13.1. The maximum absolute atomic E-state index is 13.6. The third-order valence-electron chi connectivity index (χ3n) is 5.58. The van der Waals surface area contributed by atoms with Crippen molar-refractivity contribution in [1.82, 2.24) is 5.32 Å². The Hall–Kier alpha value is -3.93. The molecule has 0 radical (unpaired) electrons. The van der Waals surface area contributed by atoms with Crippen LogP contribution in [0.25, 0.3) is 0 Å². The number of hydrogen-bond donors (Lipinski definition) is 1.